The minimum atomic E-state index is -0.438. The number of rotatable bonds is 9. The Labute approximate surface area is 201 Å². The second-order valence-electron chi connectivity index (χ2n) is 7.23. The van der Waals surface area contributed by atoms with Crippen LogP contribution in [0.1, 0.15) is 36.5 Å². The largest absolute Gasteiger partial charge is 0.485 e. The molecule has 0 aliphatic carbocycles. The van der Waals surface area contributed by atoms with Gasteiger partial charge in [0.1, 0.15) is 24.0 Å². The molecule has 0 radical (unpaired) electrons. The fourth-order valence-electron chi connectivity index (χ4n) is 3.40. The number of aliphatic hydroxyl groups excluding tert-OH is 1. The minimum absolute atomic E-state index is 0.131. The number of ether oxygens (including phenoxy) is 1. The maximum absolute atomic E-state index is 9.44. The Morgan fingerprint density at radius 2 is 2.10 bits per heavy atom. The monoisotopic (exact) mass is 573 g/mol. The van der Waals surface area contributed by atoms with Crippen molar-refractivity contribution in [3.8, 4) is 5.75 Å². The van der Waals surface area contributed by atoms with E-state index in [2.05, 4.69) is 14.9 Å². The van der Waals surface area contributed by atoms with Crippen LogP contribution in [-0.4, -0.2) is 47.5 Å². The molecule has 7 nitrogen and oxygen atoms in total. The lowest BCUT2D eigenvalue weighted by Crippen LogP contribution is -2.25. The fourth-order valence-corrected chi connectivity index (χ4v) is 4.91. The predicted octanol–water partition coefficient (Wildman–Crippen LogP) is 5.59. The molecule has 1 atom stereocenters. The van der Waals surface area contributed by atoms with Crippen molar-refractivity contribution in [1.29, 1.82) is 0 Å². The maximum atomic E-state index is 9.44. The zero-order chi connectivity index (χ0) is 21.5. The van der Waals surface area contributed by atoms with Crippen molar-refractivity contribution in [2.24, 2.45) is 0 Å². The molecule has 10 heteroatoms. The van der Waals surface area contributed by atoms with E-state index in [1.165, 1.54) is 34.9 Å². The fraction of sp³-hybridized carbons (Fsp3) is 0.429. The van der Waals surface area contributed by atoms with E-state index in [0.29, 0.717) is 23.8 Å². The Morgan fingerprint density at radius 1 is 1.26 bits per heavy atom. The smallest absolute Gasteiger partial charge is 0.220 e. The number of fused-ring (bicyclic) bond motifs is 1. The summed E-state index contributed by atoms with van der Waals surface area (Å²) in [5, 5.41) is 10.5. The molecule has 0 amide bonds. The molecule has 3 aromatic rings. The standard InChI is InChI=1S/C21H24IN3O4S2/c22-31-27-14-16(13-26)28-15-5-7-18-19(11-15)29-20(24-18)8-6-17-12-23-21(30-17)25-9-3-1-2-4-10-25/h5-8,11-12,16,26H,1-4,9-10,13-14H2/b8-6+. The highest BCUT2D eigenvalue weighted by atomic mass is 127. The van der Waals surface area contributed by atoms with Crippen LogP contribution in [0.25, 0.3) is 23.3 Å². The van der Waals surface area contributed by atoms with Gasteiger partial charge >= 0.3 is 0 Å². The summed E-state index contributed by atoms with van der Waals surface area (Å²) in [5.41, 5.74) is 1.38. The van der Waals surface area contributed by atoms with E-state index in [4.69, 9.17) is 13.3 Å². The first-order valence-corrected chi connectivity index (χ1v) is 14.3. The van der Waals surface area contributed by atoms with Gasteiger partial charge in [0.2, 0.25) is 5.89 Å². The van der Waals surface area contributed by atoms with Gasteiger partial charge in [0.25, 0.3) is 0 Å². The number of hydrogen-bond acceptors (Lipinski definition) is 9. The molecule has 0 bridgehead atoms. The molecular formula is C21H24IN3O4S2. The first-order chi connectivity index (χ1) is 15.2. The van der Waals surface area contributed by atoms with Crippen LogP contribution in [0, 0.1) is 0 Å². The van der Waals surface area contributed by atoms with Crippen molar-refractivity contribution in [2.75, 3.05) is 31.2 Å². The first-order valence-electron chi connectivity index (χ1n) is 10.2. The van der Waals surface area contributed by atoms with Gasteiger partial charge in [0.05, 0.1) is 15.8 Å². The Hall–Kier alpha value is -1.34. The van der Waals surface area contributed by atoms with Gasteiger partial charge in [-0.15, -0.1) is 0 Å². The van der Waals surface area contributed by atoms with Crippen molar-refractivity contribution in [2.45, 2.75) is 31.8 Å². The number of benzene rings is 1. The van der Waals surface area contributed by atoms with Crippen molar-refractivity contribution in [3.63, 3.8) is 0 Å². The molecule has 1 aromatic carbocycles. The van der Waals surface area contributed by atoms with Gasteiger partial charge in [-0.2, -0.15) is 0 Å². The van der Waals surface area contributed by atoms with E-state index < -0.39 is 6.10 Å². The average Bonchev–Trinajstić information content (AvgIpc) is 3.33. The zero-order valence-electron chi connectivity index (χ0n) is 16.9. The first kappa shape index (κ1) is 22.8. The summed E-state index contributed by atoms with van der Waals surface area (Å²) in [6, 6.07) is 5.44. The lowest BCUT2D eigenvalue weighted by Gasteiger charge is -2.18. The summed E-state index contributed by atoms with van der Waals surface area (Å²) in [6.07, 6.45) is 10.4. The third-order valence-electron chi connectivity index (χ3n) is 4.96. The highest BCUT2D eigenvalue weighted by Gasteiger charge is 2.14. The van der Waals surface area contributed by atoms with E-state index in [1.54, 1.807) is 17.4 Å². The molecule has 4 rings (SSSR count). The van der Waals surface area contributed by atoms with Crippen LogP contribution in [0.3, 0.4) is 0 Å². The second kappa shape index (κ2) is 11.5. The number of anilines is 1. The van der Waals surface area contributed by atoms with Crippen LogP contribution in [0.15, 0.2) is 28.8 Å². The number of thiazole rings is 1. The van der Waals surface area contributed by atoms with Gasteiger partial charge in [0.15, 0.2) is 10.7 Å². The molecule has 1 aliphatic rings. The highest BCUT2D eigenvalue weighted by Crippen LogP contribution is 2.27. The maximum Gasteiger partial charge on any atom is 0.220 e. The minimum Gasteiger partial charge on any atom is -0.485 e. The quantitative estimate of drug-likeness (QED) is 0.262. The van der Waals surface area contributed by atoms with Crippen LogP contribution in [0.5, 0.6) is 5.75 Å². The molecule has 2 aromatic heterocycles. The van der Waals surface area contributed by atoms with Gasteiger partial charge in [-0.05, 0) is 31.1 Å². The zero-order valence-corrected chi connectivity index (χ0v) is 20.7. The van der Waals surface area contributed by atoms with Crippen molar-refractivity contribution < 1.29 is 18.4 Å². The summed E-state index contributed by atoms with van der Waals surface area (Å²) in [7, 11) is 1.21. The third-order valence-corrected chi connectivity index (χ3v) is 6.97. The van der Waals surface area contributed by atoms with E-state index in [1.807, 2.05) is 51.7 Å². The third kappa shape index (κ3) is 6.35. The van der Waals surface area contributed by atoms with Crippen LogP contribution >= 0.6 is 41.8 Å². The molecule has 166 valence electrons. The number of oxazole rings is 1. The Kier molecular flexibility index (Phi) is 8.48. The summed E-state index contributed by atoms with van der Waals surface area (Å²) < 4.78 is 16.9. The van der Waals surface area contributed by atoms with Crippen molar-refractivity contribution in [1.82, 2.24) is 9.97 Å². The Morgan fingerprint density at radius 3 is 2.87 bits per heavy atom. The SMILES string of the molecule is OCC(COSI)Oc1ccc2nc(/C=C/c3cnc(N4CCCCCC4)s3)oc2c1. The molecule has 1 aliphatic heterocycles. The molecule has 1 saturated heterocycles. The topological polar surface area (TPSA) is 80.8 Å². The second-order valence-corrected chi connectivity index (χ2v) is 9.71. The van der Waals surface area contributed by atoms with E-state index in [9.17, 15) is 5.11 Å². The lowest BCUT2D eigenvalue weighted by molar-refractivity contribution is 0.0799. The Bertz CT molecular complexity index is 1000. The number of aromatic nitrogens is 2. The number of nitrogens with zero attached hydrogens (tertiary/aromatic N) is 3. The highest BCUT2D eigenvalue weighted by molar-refractivity contribution is 14.2. The van der Waals surface area contributed by atoms with Crippen molar-refractivity contribution in [3.05, 3.63) is 35.2 Å². The summed E-state index contributed by atoms with van der Waals surface area (Å²) in [4.78, 5) is 12.6. The lowest BCUT2D eigenvalue weighted by atomic mass is 10.2. The van der Waals surface area contributed by atoms with E-state index >= 15 is 0 Å². The predicted molar refractivity (Wildman–Crippen MR) is 135 cm³/mol. The van der Waals surface area contributed by atoms with Gasteiger partial charge in [-0.25, -0.2) is 9.97 Å². The van der Waals surface area contributed by atoms with Crippen molar-refractivity contribution >= 4 is 70.1 Å². The van der Waals surface area contributed by atoms with Crippen LogP contribution in [-0.2, 0) is 4.18 Å². The normalized spacial score (nSPS) is 16.1. The van der Waals surface area contributed by atoms with E-state index in [-0.39, 0.29) is 6.61 Å². The molecular weight excluding hydrogens is 549 g/mol. The molecule has 31 heavy (non-hydrogen) atoms. The van der Waals surface area contributed by atoms with Crippen LogP contribution in [0.2, 0.25) is 0 Å². The Balaban J connectivity index is 1.42. The molecule has 1 fully saturated rings. The summed E-state index contributed by atoms with van der Waals surface area (Å²) in [6.45, 7) is 2.34. The number of hydrogen-bond donors (Lipinski definition) is 1. The van der Waals surface area contributed by atoms with Gasteiger partial charge < -0.3 is 23.3 Å². The molecule has 1 N–H and O–H groups in total. The number of halogens is 1. The van der Waals surface area contributed by atoms with Gasteiger partial charge in [-0.3, -0.25) is 0 Å². The summed E-state index contributed by atoms with van der Waals surface area (Å²) in [5.74, 6) is 1.13. The summed E-state index contributed by atoms with van der Waals surface area (Å²) >= 11 is 3.72. The molecule has 0 saturated carbocycles. The molecule has 1 unspecified atom stereocenters. The molecule has 0 spiro atoms. The number of aliphatic hydroxyl groups is 1. The van der Waals surface area contributed by atoms with E-state index in [0.717, 1.165) is 28.6 Å². The van der Waals surface area contributed by atoms with Gasteiger partial charge in [-0.1, -0.05) is 24.2 Å². The molecule has 3 heterocycles. The van der Waals surface area contributed by atoms with Crippen LogP contribution in [0.4, 0.5) is 5.13 Å². The van der Waals surface area contributed by atoms with Gasteiger partial charge in [0, 0.05) is 57.5 Å². The van der Waals surface area contributed by atoms with Crippen LogP contribution < -0.4 is 9.64 Å². The average molecular weight is 573 g/mol.